The molecule has 0 unspecified atom stereocenters. The first-order chi connectivity index (χ1) is 13.4. The van der Waals surface area contributed by atoms with E-state index in [9.17, 15) is 4.79 Å². The Morgan fingerprint density at radius 1 is 1.07 bits per heavy atom. The van der Waals surface area contributed by atoms with Gasteiger partial charge < -0.3 is 15.0 Å². The second-order valence-corrected chi connectivity index (χ2v) is 8.16. The zero-order valence-corrected chi connectivity index (χ0v) is 17.0. The first-order valence-electron chi connectivity index (χ1n) is 9.99. The molecule has 4 nitrogen and oxygen atoms in total. The van der Waals surface area contributed by atoms with E-state index in [1.807, 2.05) is 42.6 Å². The predicted molar refractivity (Wildman–Crippen MR) is 115 cm³/mol. The molecule has 148 valence electrons. The normalized spacial score (nSPS) is 11.7. The van der Waals surface area contributed by atoms with Gasteiger partial charge in [0.1, 0.15) is 5.75 Å². The molecular formula is C24H30N2O2. The number of H-pyrrole nitrogens is 1. The number of aromatic nitrogens is 1. The summed E-state index contributed by atoms with van der Waals surface area (Å²) in [6.45, 7) is 7.93. The number of ketones is 1. The fraction of sp³-hybridized carbons (Fsp3) is 0.375. The van der Waals surface area contributed by atoms with Crippen molar-refractivity contribution in [2.75, 3.05) is 13.2 Å². The lowest BCUT2D eigenvalue weighted by Crippen LogP contribution is -2.36. The molecule has 2 aromatic carbocycles. The summed E-state index contributed by atoms with van der Waals surface area (Å²) in [6, 6.07) is 15.7. The summed E-state index contributed by atoms with van der Waals surface area (Å²) in [5.41, 5.74) is 3.07. The standard InChI is InChI=1S/C24H30N2O2/c1-24(2,3)26-15-8-16-28-23-12-7-5-10-20(23)22(27)14-13-18-17-25-21-11-6-4-9-19(18)21/h4-7,9-12,17,25-26H,8,13-16H2,1-3H3. The van der Waals surface area contributed by atoms with Gasteiger partial charge in [-0.1, -0.05) is 30.3 Å². The van der Waals surface area contributed by atoms with E-state index >= 15 is 0 Å². The summed E-state index contributed by atoms with van der Waals surface area (Å²) < 4.78 is 5.91. The van der Waals surface area contributed by atoms with E-state index in [1.54, 1.807) is 0 Å². The van der Waals surface area contributed by atoms with Gasteiger partial charge in [0.05, 0.1) is 12.2 Å². The molecule has 28 heavy (non-hydrogen) atoms. The summed E-state index contributed by atoms with van der Waals surface area (Å²) >= 11 is 0. The van der Waals surface area contributed by atoms with Crippen molar-refractivity contribution in [3.05, 3.63) is 65.9 Å². The Balaban J connectivity index is 1.56. The van der Waals surface area contributed by atoms with Gasteiger partial charge in [-0.2, -0.15) is 0 Å². The van der Waals surface area contributed by atoms with E-state index < -0.39 is 0 Å². The fourth-order valence-corrected chi connectivity index (χ4v) is 3.26. The molecule has 1 heterocycles. The van der Waals surface area contributed by atoms with Crippen molar-refractivity contribution in [3.63, 3.8) is 0 Å². The summed E-state index contributed by atoms with van der Waals surface area (Å²) in [5, 5.41) is 4.63. The maximum Gasteiger partial charge on any atom is 0.166 e. The van der Waals surface area contributed by atoms with E-state index in [0.29, 0.717) is 30.8 Å². The molecular weight excluding hydrogens is 348 g/mol. The van der Waals surface area contributed by atoms with Crippen LogP contribution in [0.5, 0.6) is 5.75 Å². The molecule has 1 aromatic heterocycles. The van der Waals surface area contributed by atoms with Crippen molar-refractivity contribution in [2.45, 2.75) is 45.6 Å². The molecule has 0 saturated carbocycles. The van der Waals surface area contributed by atoms with Gasteiger partial charge in [0.15, 0.2) is 5.78 Å². The number of rotatable bonds is 9. The lowest BCUT2D eigenvalue weighted by atomic mass is 10.0. The minimum absolute atomic E-state index is 0.107. The van der Waals surface area contributed by atoms with Gasteiger partial charge in [0, 0.05) is 29.1 Å². The van der Waals surface area contributed by atoms with Gasteiger partial charge >= 0.3 is 0 Å². The third-order valence-electron chi connectivity index (χ3n) is 4.72. The van der Waals surface area contributed by atoms with Crippen LogP contribution in [0.25, 0.3) is 10.9 Å². The number of aryl methyl sites for hydroxylation is 1. The Hall–Kier alpha value is -2.59. The van der Waals surface area contributed by atoms with E-state index in [4.69, 9.17) is 4.74 Å². The molecule has 0 aliphatic carbocycles. The van der Waals surface area contributed by atoms with Crippen LogP contribution in [-0.2, 0) is 6.42 Å². The number of carbonyl (C=O) groups is 1. The van der Waals surface area contributed by atoms with Crippen molar-refractivity contribution >= 4 is 16.7 Å². The van der Waals surface area contributed by atoms with Crippen LogP contribution in [0, 0.1) is 0 Å². The van der Waals surface area contributed by atoms with Crippen molar-refractivity contribution in [1.29, 1.82) is 0 Å². The van der Waals surface area contributed by atoms with Crippen LogP contribution < -0.4 is 10.1 Å². The Kier molecular flexibility index (Phi) is 6.53. The highest BCUT2D eigenvalue weighted by molar-refractivity contribution is 5.99. The number of aromatic amines is 1. The molecule has 4 heteroatoms. The molecule has 0 aliphatic rings. The molecule has 0 atom stereocenters. The summed E-state index contributed by atoms with van der Waals surface area (Å²) in [4.78, 5) is 16.1. The first kappa shape index (κ1) is 20.2. The van der Waals surface area contributed by atoms with Crippen LogP contribution >= 0.6 is 0 Å². The molecule has 0 amide bonds. The fourth-order valence-electron chi connectivity index (χ4n) is 3.26. The van der Waals surface area contributed by atoms with Gasteiger partial charge in [0.25, 0.3) is 0 Å². The Morgan fingerprint density at radius 2 is 1.82 bits per heavy atom. The number of para-hydroxylation sites is 2. The van der Waals surface area contributed by atoms with Crippen molar-refractivity contribution in [1.82, 2.24) is 10.3 Å². The molecule has 0 saturated heterocycles. The summed E-state index contributed by atoms with van der Waals surface area (Å²) in [6.07, 6.45) is 4.08. The number of Topliss-reactive ketones (excluding diaryl/α,β-unsaturated/α-hetero) is 1. The number of carbonyl (C=O) groups excluding carboxylic acids is 1. The zero-order valence-electron chi connectivity index (χ0n) is 17.0. The molecule has 0 spiro atoms. The van der Waals surface area contributed by atoms with Crippen LogP contribution in [0.2, 0.25) is 0 Å². The monoisotopic (exact) mass is 378 g/mol. The predicted octanol–water partition coefficient (Wildman–Crippen LogP) is 5.14. The SMILES string of the molecule is CC(C)(C)NCCCOc1ccccc1C(=O)CCc1c[nH]c2ccccc12. The van der Waals surface area contributed by atoms with Crippen molar-refractivity contribution in [2.24, 2.45) is 0 Å². The van der Waals surface area contributed by atoms with Crippen LogP contribution in [0.15, 0.2) is 54.7 Å². The number of ether oxygens (including phenoxy) is 1. The molecule has 3 rings (SSSR count). The van der Waals surface area contributed by atoms with Gasteiger partial charge in [-0.25, -0.2) is 0 Å². The third kappa shape index (κ3) is 5.46. The van der Waals surface area contributed by atoms with Gasteiger partial charge in [0.2, 0.25) is 0 Å². The average molecular weight is 379 g/mol. The van der Waals surface area contributed by atoms with E-state index in [1.165, 1.54) is 10.9 Å². The van der Waals surface area contributed by atoms with Crippen LogP contribution in [-0.4, -0.2) is 29.5 Å². The smallest absolute Gasteiger partial charge is 0.166 e. The molecule has 0 bridgehead atoms. The Morgan fingerprint density at radius 3 is 2.64 bits per heavy atom. The lowest BCUT2D eigenvalue weighted by Gasteiger charge is -2.20. The second-order valence-electron chi connectivity index (χ2n) is 8.16. The van der Waals surface area contributed by atoms with E-state index in [2.05, 4.69) is 43.2 Å². The molecule has 0 fully saturated rings. The lowest BCUT2D eigenvalue weighted by molar-refractivity contribution is 0.0979. The number of nitrogens with one attached hydrogen (secondary N) is 2. The second kappa shape index (κ2) is 9.07. The highest BCUT2D eigenvalue weighted by Crippen LogP contribution is 2.23. The van der Waals surface area contributed by atoms with Gasteiger partial charge in [-0.05, 0) is 63.9 Å². The largest absolute Gasteiger partial charge is 0.493 e. The highest BCUT2D eigenvalue weighted by atomic mass is 16.5. The van der Waals surface area contributed by atoms with Crippen LogP contribution in [0.1, 0.15) is 49.5 Å². The zero-order chi connectivity index (χ0) is 20.0. The van der Waals surface area contributed by atoms with Gasteiger partial charge in [-0.15, -0.1) is 0 Å². The number of hydrogen-bond acceptors (Lipinski definition) is 3. The minimum Gasteiger partial charge on any atom is -0.493 e. The number of benzene rings is 2. The number of fused-ring (bicyclic) bond motifs is 1. The van der Waals surface area contributed by atoms with E-state index in [0.717, 1.165) is 18.5 Å². The third-order valence-corrected chi connectivity index (χ3v) is 4.72. The molecule has 0 aliphatic heterocycles. The van der Waals surface area contributed by atoms with Crippen LogP contribution in [0.4, 0.5) is 0 Å². The van der Waals surface area contributed by atoms with Crippen LogP contribution in [0.3, 0.4) is 0 Å². The maximum absolute atomic E-state index is 12.8. The summed E-state index contributed by atoms with van der Waals surface area (Å²) in [7, 11) is 0. The topological polar surface area (TPSA) is 54.1 Å². The quantitative estimate of drug-likeness (QED) is 0.400. The molecule has 2 N–H and O–H groups in total. The molecule has 0 radical (unpaired) electrons. The maximum atomic E-state index is 12.8. The highest BCUT2D eigenvalue weighted by Gasteiger charge is 2.14. The Labute approximate surface area is 167 Å². The first-order valence-corrected chi connectivity index (χ1v) is 9.99. The average Bonchev–Trinajstić information content (AvgIpc) is 3.08. The number of hydrogen-bond donors (Lipinski definition) is 2. The minimum atomic E-state index is 0.107. The van der Waals surface area contributed by atoms with Gasteiger partial charge in [-0.3, -0.25) is 4.79 Å². The van der Waals surface area contributed by atoms with E-state index in [-0.39, 0.29) is 11.3 Å². The summed E-state index contributed by atoms with van der Waals surface area (Å²) in [5.74, 6) is 0.802. The Bertz CT molecular complexity index is 921. The molecule has 3 aromatic rings. The van der Waals surface area contributed by atoms with Crippen molar-refractivity contribution < 1.29 is 9.53 Å². The van der Waals surface area contributed by atoms with Crippen molar-refractivity contribution in [3.8, 4) is 5.75 Å².